The molecule has 3 aromatic heterocycles. The Morgan fingerprint density at radius 2 is 1.76 bits per heavy atom. The standard InChI is InChI=1S/C18H13F4N.C5H5N5/c1-2-11-10-13-4-3-5-15(19)17(13)23-16(11)12-6-8-14(9-7-12)18(20,21)22;6-4-3-5(9-1-7-3)10-2-8-4/h3-10H,2H2,1H3;1-2H,(H3,6,7,8,9,10). The molecule has 0 saturated carbocycles. The van der Waals surface area contributed by atoms with Crippen LogP contribution in [0.2, 0.25) is 0 Å². The van der Waals surface area contributed by atoms with Crippen LogP contribution >= 0.6 is 0 Å². The predicted octanol–water partition coefficient (Wildman–Crippen LogP) is 5.56. The van der Waals surface area contributed by atoms with Crippen LogP contribution in [-0.4, -0.2) is 24.9 Å². The molecule has 168 valence electrons. The number of alkyl halides is 3. The van der Waals surface area contributed by atoms with Crippen molar-refractivity contribution in [1.82, 2.24) is 24.9 Å². The van der Waals surface area contributed by atoms with Crippen LogP contribution in [0.15, 0.2) is 61.2 Å². The third kappa shape index (κ3) is 4.59. The molecule has 6 nitrogen and oxygen atoms in total. The number of nitrogens with zero attached hydrogens (tertiary/aromatic N) is 4. The average Bonchev–Trinajstić information content (AvgIpc) is 3.29. The summed E-state index contributed by atoms with van der Waals surface area (Å²) in [5.74, 6) is -0.0131. The van der Waals surface area contributed by atoms with Crippen molar-refractivity contribution in [3.63, 3.8) is 0 Å². The van der Waals surface area contributed by atoms with Crippen molar-refractivity contribution < 1.29 is 17.6 Å². The van der Waals surface area contributed by atoms with E-state index in [0.717, 1.165) is 17.7 Å². The van der Waals surface area contributed by atoms with E-state index in [1.807, 2.05) is 13.0 Å². The third-order valence-corrected chi connectivity index (χ3v) is 4.99. The molecule has 0 aliphatic carbocycles. The lowest BCUT2D eigenvalue weighted by molar-refractivity contribution is -0.137. The van der Waals surface area contributed by atoms with Gasteiger partial charge < -0.3 is 10.7 Å². The molecule has 0 radical (unpaired) electrons. The number of halogens is 4. The molecular formula is C23H18F4N6. The molecule has 33 heavy (non-hydrogen) atoms. The molecule has 0 aliphatic heterocycles. The smallest absolute Gasteiger partial charge is 0.382 e. The van der Waals surface area contributed by atoms with Gasteiger partial charge in [0.25, 0.3) is 0 Å². The van der Waals surface area contributed by atoms with Gasteiger partial charge in [-0.05, 0) is 36.2 Å². The maximum absolute atomic E-state index is 13.9. The molecule has 0 atom stereocenters. The summed E-state index contributed by atoms with van der Waals surface area (Å²) in [6.45, 7) is 1.93. The quantitative estimate of drug-likeness (QED) is 0.341. The summed E-state index contributed by atoms with van der Waals surface area (Å²) in [7, 11) is 0. The van der Waals surface area contributed by atoms with Crippen molar-refractivity contribution in [2.24, 2.45) is 0 Å². The number of aryl methyl sites for hydroxylation is 1. The Balaban J connectivity index is 0.000000214. The number of nitrogens with one attached hydrogen (secondary N) is 1. The highest BCUT2D eigenvalue weighted by Gasteiger charge is 2.30. The van der Waals surface area contributed by atoms with E-state index in [4.69, 9.17) is 5.73 Å². The van der Waals surface area contributed by atoms with Crippen molar-refractivity contribution in [2.75, 3.05) is 5.73 Å². The number of aromatic amines is 1. The van der Waals surface area contributed by atoms with Gasteiger partial charge >= 0.3 is 6.18 Å². The molecule has 0 spiro atoms. The van der Waals surface area contributed by atoms with Crippen LogP contribution in [0.1, 0.15) is 18.1 Å². The Labute approximate surface area is 185 Å². The number of benzene rings is 2. The van der Waals surface area contributed by atoms with Gasteiger partial charge in [0.15, 0.2) is 11.5 Å². The number of imidazole rings is 1. The first-order valence-electron chi connectivity index (χ1n) is 9.93. The Hall–Kier alpha value is -4.08. The van der Waals surface area contributed by atoms with Crippen LogP contribution in [0.5, 0.6) is 0 Å². The fraction of sp³-hybridized carbons (Fsp3) is 0.130. The van der Waals surface area contributed by atoms with Gasteiger partial charge in [0.1, 0.15) is 23.2 Å². The van der Waals surface area contributed by atoms with E-state index < -0.39 is 17.6 Å². The van der Waals surface area contributed by atoms with E-state index in [2.05, 4.69) is 24.9 Å². The van der Waals surface area contributed by atoms with Crippen LogP contribution in [0.4, 0.5) is 23.4 Å². The summed E-state index contributed by atoms with van der Waals surface area (Å²) >= 11 is 0. The number of rotatable bonds is 2. The van der Waals surface area contributed by atoms with Crippen molar-refractivity contribution in [3.05, 3.63) is 78.1 Å². The molecule has 5 aromatic rings. The maximum atomic E-state index is 13.9. The largest absolute Gasteiger partial charge is 0.416 e. The zero-order chi connectivity index (χ0) is 23.6. The lowest BCUT2D eigenvalue weighted by Gasteiger charge is -2.11. The second-order valence-electron chi connectivity index (χ2n) is 7.10. The number of H-pyrrole nitrogens is 1. The molecule has 0 fully saturated rings. The summed E-state index contributed by atoms with van der Waals surface area (Å²) in [5, 5.41) is 0.678. The zero-order valence-corrected chi connectivity index (χ0v) is 17.4. The van der Waals surface area contributed by atoms with Crippen LogP contribution in [0, 0.1) is 5.82 Å². The van der Waals surface area contributed by atoms with E-state index in [9.17, 15) is 17.6 Å². The molecule has 0 saturated heterocycles. The summed E-state index contributed by atoms with van der Waals surface area (Å²) in [6, 6.07) is 11.3. The first kappa shape index (κ1) is 22.1. The highest BCUT2D eigenvalue weighted by atomic mass is 19.4. The van der Waals surface area contributed by atoms with Crippen molar-refractivity contribution >= 4 is 27.9 Å². The van der Waals surface area contributed by atoms with Crippen molar-refractivity contribution in [3.8, 4) is 11.3 Å². The van der Waals surface area contributed by atoms with Crippen LogP contribution in [-0.2, 0) is 12.6 Å². The Bertz CT molecular complexity index is 1410. The van der Waals surface area contributed by atoms with E-state index in [1.165, 1.54) is 30.9 Å². The van der Waals surface area contributed by atoms with Gasteiger partial charge in [-0.25, -0.2) is 24.3 Å². The van der Waals surface area contributed by atoms with E-state index >= 15 is 0 Å². The van der Waals surface area contributed by atoms with Gasteiger partial charge in [-0.3, -0.25) is 0 Å². The zero-order valence-electron chi connectivity index (χ0n) is 17.4. The second-order valence-corrected chi connectivity index (χ2v) is 7.10. The van der Waals surface area contributed by atoms with Crippen LogP contribution < -0.4 is 5.73 Å². The fourth-order valence-corrected chi connectivity index (χ4v) is 3.33. The topological polar surface area (TPSA) is 93.4 Å². The van der Waals surface area contributed by atoms with Crippen molar-refractivity contribution in [2.45, 2.75) is 19.5 Å². The Kier molecular flexibility index (Phi) is 5.91. The van der Waals surface area contributed by atoms with E-state index in [1.54, 1.807) is 12.1 Å². The minimum atomic E-state index is -4.38. The van der Waals surface area contributed by atoms with E-state index in [0.29, 0.717) is 40.0 Å². The number of nitrogens with two attached hydrogens (primary N) is 1. The maximum Gasteiger partial charge on any atom is 0.416 e. The van der Waals surface area contributed by atoms with Gasteiger partial charge in [-0.2, -0.15) is 13.2 Å². The molecule has 2 aromatic carbocycles. The molecule has 0 amide bonds. The Morgan fingerprint density at radius 1 is 1.00 bits per heavy atom. The molecule has 3 heterocycles. The summed E-state index contributed by atoms with van der Waals surface area (Å²) in [6.07, 6.45) is -0.806. The molecule has 5 rings (SSSR count). The average molecular weight is 454 g/mol. The fourth-order valence-electron chi connectivity index (χ4n) is 3.33. The third-order valence-electron chi connectivity index (χ3n) is 4.99. The first-order chi connectivity index (χ1) is 15.8. The minimum Gasteiger partial charge on any atom is -0.382 e. The summed E-state index contributed by atoms with van der Waals surface area (Å²) < 4.78 is 51.9. The highest BCUT2D eigenvalue weighted by molar-refractivity contribution is 5.84. The first-order valence-corrected chi connectivity index (χ1v) is 9.93. The number of anilines is 1. The molecule has 3 N–H and O–H groups in total. The van der Waals surface area contributed by atoms with Gasteiger partial charge in [0.05, 0.1) is 17.6 Å². The number of nitrogen functional groups attached to an aromatic ring is 1. The number of para-hydroxylation sites is 1. The number of fused-ring (bicyclic) bond motifs is 2. The van der Waals surface area contributed by atoms with Gasteiger partial charge in [-0.15, -0.1) is 0 Å². The minimum absolute atomic E-state index is 0.222. The lowest BCUT2D eigenvalue weighted by Crippen LogP contribution is -2.04. The molecule has 0 unspecified atom stereocenters. The normalized spacial score (nSPS) is 11.4. The van der Waals surface area contributed by atoms with Gasteiger partial charge in [0.2, 0.25) is 0 Å². The molecule has 10 heteroatoms. The van der Waals surface area contributed by atoms with E-state index in [-0.39, 0.29) is 5.52 Å². The number of pyridine rings is 1. The van der Waals surface area contributed by atoms with Gasteiger partial charge in [0, 0.05) is 10.9 Å². The Morgan fingerprint density at radius 3 is 2.42 bits per heavy atom. The monoisotopic (exact) mass is 454 g/mol. The summed E-state index contributed by atoms with van der Waals surface area (Å²) in [4.78, 5) is 18.7. The number of hydrogen-bond donors (Lipinski definition) is 2. The lowest BCUT2D eigenvalue weighted by atomic mass is 10.0. The molecule has 0 aliphatic rings. The molecular weight excluding hydrogens is 436 g/mol. The van der Waals surface area contributed by atoms with Crippen LogP contribution in [0.3, 0.4) is 0 Å². The summed E-state index contributed by atoms with van der Waals surface area (Å²) in [5.41, 5.74) is 8.20. The molecule has 0 bridgehead atoms. The highest BCUT2D eigenvalue weighted by Crippen LogP contribution is 2.32. The predicted molar refractivity (Wildman–Crippen MR) is 118 cm³/mol. The number of aromatic nitrogens is 5. The van der Waals surface area contributed by atoms with Crippen molar-refractivity contribution in [1.29, 1.82) is 0 Å². The van der Waals surface area contributed by atoms with Gasteiger partial charge in [-0.1, -0.05) is 31.2 Å². The SMILES string of the molecule is CCc1cc2cccc(F)c2nc1-c1ccc(C(F)(F)F)cc1.Nc1ncnc2nc[nH]c12. The number of hydrogen-bond acceptors (Lipinski definition) is 5. The van der Waals surface area contributed by atoms with Crippen LogP contribution in [0.25, 0.3) is 33.3 Å². The second kappa shape index (κ2) is 8.81.